The van der Waals surface area contributed by atoms with Crippen molar-refractivity contribution in [2.45, 2.75) is 18.7 Å². The molecule has 0 aromatic carbocycles. The molecule has 2 N–H and O–H groups in total. The van der Waals surface area contributed by atoms with Gasteiger partial charge < -0.3 is 5.11 Å². The van der Waals surface area contributed by atoms with Crippen molar-refractivity contribution >= 4 is 33.0 Å². The maximum absolute atomic E-state index is 12.3. The SMILES string of the molecule is Cc1cc(NS(=O)(=O)c2cc(C(=O)O)sc2C)ccn1. The number of aromatic nitrogens is 1. The van der Waals surface area contributed by atoms with E-state index in [-0.39, 0.29) is 9.77 Å². The fourth-order valence-corrected chi connectivity index (χ4v) is 4.14. The number of hydrogen-bond acceptors (Lipinski definition) is 5. The Morgan fingerprint density at radius 2 is 2.05 bits per heavy atom. The van der Waals surface area contributed by atoms with E-state index in [2.05, 4.69) is 9.71 Å². The number of hydrogen-bond donors (Lipinski definition) is 2. The van der Waals surface area contributed by atoms with Crippen LogP contribution in [-0.4, -0.2) is 24.5 Å². The normalized spacial score (nSPS) is 11.3. The van der Waals surface area contributed by atoms with E-state index < -0.39 is 16.0 Å². The van der Waals surface area contributed by atoms with E-state index >= 15 is 0 Å². The third-order valence-corrected chi connectivity index (χ3v) is 5.20. The lowest BCUT2D eigenvalue weighted by Gasteiger charge is -2.07. The molecule has 0 fully saturated rings. The number of aromatic carboxylic acids is 1. The van der Waals surface area contributed by atoms with Gasteiger partial charge in [0.1, 0.15) is 9.77 Å². The van der Waals surface area contributed by atoms with Gasteiger partial charge >= 0.3 is 5.97 Å². The Morgan fingerprint density at radius 3 is 2.60 bits per heavy atom. The Kier molecular flexibility index (Phi) is 3.78. The van der Waals surface area contributed by atoms with Crippen molar-refractivity contribution in [3.05, 3.63) is 39.8 Å². The number of rotatable bonds is 4. The van der Waals surface area contributed by atoms with E-state index in [1.807, 2.05) is 0 Å². The van der Waals surface area contributed by atoms with Crippen LogP contribution in [0.1, 0.15) is 20.2 Å². The van der Waals surface area contributed by atoms with Gasteiger partial charge in [-0.05, 0) is 32.0 Å². The number of nitrogens with zero attached hydrogens (tertiary/aromatic N) is 1. The molecule has 0 spiro atoms. The number of pyridine rings is 1. The number of anilines is 1. The van der Waals surface area contributed by atoms with Gasteiger partial charge in [0.25, 0.3) is 10.0 Å². The number of carboxylic acids is 1. The topological polar surface area (TPSA) is 96.4 Å². The highest BCUT2D eigenvalue weighted by molar-refractivity contribution is 7.93. The molecule has 2 heterocycles. The summed E-state index contributed by atoms with van der Waals surface area (Å²) in [6, 6.07) is 4.29. The number of thiophene rings is 1. The number of nitrogens with one attached hydrogen (secondary N) is 1. The van der Waals surface area contributed by atoms with Crippen LogP contribution in [0, 0.1) is 13.8 Å². The second-order valence-electron chi connectivity index (χ2n) is 4.13. The first-order valence-electron chi connectivity index (χ1n) is 5.59. The maximum atomic E-state index is 12.3. The van der Waals surface area contributed by atoms with Gasteiger partial charge in [0.15, 0.2) is 0 Å². The van der Waals surface area contributed by atoms with E-state index in [1.165, 1.54) is 18.3 Å². The lowest BCUT2D eigenvalue weighted by Crippen LogP contribution is -2.13. The van der Waals surface area contributed by atoms with Crippen molar-refractivity contribution in [2.24, 2.45) is 0 Å². The molecule has 0 saturated carbocycles. The second-order valence-corrected chi connectivity index (χ2v) is 7.03. The minimum atomic E-state index is -3.80. The quantitative estimate of drug-likeness (QED) is 0.902. The minimum Gasteiger partial charge on any atom is -0.477 e. The molecule has 2 aromatic heterocycles. The summed E-state index contributed by atoms with van der Waals surface area (Å²) >= 11 is 0.932. The molecule has 0 amide bonds. The standard InChI is InChI=1S/C12H12N2O4S2/c1-7-5-9(3-4-13-7)14-20(17,18)11-6-10(12(15)16)19-8(11)2/h3-6H,1-2H3,(H,13,14)(H,15,16). The Bertz CT molecular complexity index is 766. The molecule has 2 aromatic rings. The van der Waals surface area contributed by atoms with Gasteiger partial charge in [-0.15, -0.1) is 11.3 Å². The predicted molar refractivity (Wildman–Crippen MR) is 75.8 cm³/mol. The van der Waals surface area contributed by atoms with Crippen LogP contribution in [0.2, 0.25) is 0 Å². The monoisotopic (exact) mass is 312 g/mol. The minimum absolute atomic E-state index is 0.00576. The van der Waals surface area contributed by atoms with Crippen molar-refractivity contribution in [3.63, 3.8) is 0 Å². The molecule has 6 nitrogen and oxygen atoms in total. The van der Waals surface area contributed by atoms with E-state index in [1.54, 1.807) is 19.9 Å². The fourth-order valence-electron chi connectivity index (χ4n) is 1.66. The maximum Gasteiger partial charge on any atom is 0.345 e. The Hall–Kier alpha value is -1.93. The summed E-state index contributed by atoms with van der Waals surface area (Å²) in [7, 11) is -3.80. The van der Waals surface area contributed by atoms with Crippen molar-refractivity contribution in [3.8, 4) is 0 Å². The Balaban J connectivity index is 2.38. The van der Waals surface area contributed by atoms with E-state index in [0.717, 1.165) is 11.3 Å². The molecule has 2 rings (SSSR count). The van der Waals surface area contributed by atoms with Crippen LogP contribution in [-0.2, 0) is 10.0 Å². The Labute approximate surface area is 120 Å². The van der Waals surface area contributed by atoms with Crippen LogP contribution in [0.5, 0.6) is 0 Å². The van der Waals surface area contributed by atoms with E-state index in [0.29, 0.717) is 16.3 Å². The molecule has 0 aliphatic heterocycles. The van der Waals surface area contributed by atoms with Gasteiger partial charge in [0, 0.05) is 16.8 Å². The molecular formula is C12H12N2O4S2. The zero-order valence-electron chi connectivity index (χ0n) is 10.7. The lowest BCUT2D eigenvalue weighted by atomic mass is 10.3. The number of aryl methyl sites for hydroxylation is 2. The van der Waals surface area contributed by atoms with Crippen LogP contribution >= 0.6 is 11.3 Å². The van der Waals surface area contributed by atoms with Crippen LogP contribution in [0.3, 0.4) is 0 Å². The highest BCUT2D eigenvalue weighted by Crippen LogP contribution is 2.27. The first-order valence-corrected chi connectivity index (χ1v) is 7.89. The fraction of sp³-hybridized carbons (Fsp3) is 0.167. The lowest BCUT2D eigenvalue weighted by molar-refractivity contribution is 0.0702. The van der Waals surface area contributed by atoms with Gasteiger partial charge in [-0.25, -0.2) is 13.2 Å². The van der Waals surface area contributed by atoms with Crippen LogP contribution in [0.4, 0.5) is 5.69 Å². The summed E-state index contributed by atoms with van der Waals surface area (Å²) < 4.78 is 26.9. The first-order chi connectivity index (χ1) is 9.29. The molecule has 0 aliphatic rings. The number of carboxylic acid groups (broad SMARTS) is 1. The van der Waals surface area contributed by atoms with Gasteiger partial charge in [-0.2, -0.15) is 0 Å². The van der Waals surface area contributed by atoms with Gasteiger partial charge in [-0.3, -0.25) is 9.71 Å². The predicted octanol–water partition coefficient (Wildman–Crippen LogP) is 2.26. The van der Waals surface area contributed by atoms with Crippen LogP contribution in [0.25, 0.3) is 0 Å². The molecule has 0 bridgehead atoms. The van der Waals surface area contributed by atoms with Crippen molar-refractivity contribution in [2.75, 3.05) is 4.72 Å². The van der Waals surface area contributed by atoms with Gasteiger partial charge in [0.05, 0.1) is 5.69 Å². The summed E-state index contributed by atoms with van der Waals surface area (Å²) in [6.45, 7) is 3.32. The third-order valence-electron chi connectivity index (χ3n) is 2.52. The van der Waals surface area contributed by atoms with E-state index in [9.17, 15) is 13.2 Å². The molecule has 20 heavy (non-hydrogen) atoms. The van der Waals surface area contributed by atoms with Crippen molar-refractivity contribution in [1.29, 1.82) is 0 Å². The zero-order valence-corrected chi connectivity index (χ0v) is 12.4. The Morgan fingerprint density at radius 1 is 1.35 bits per heavy atom. The highest BCUT2D eigenvalue weighted by atomic mass is 32.2. The molecule has 8 heteroatoms. The van der Waals surface area contributed by atoms with Crippen LogP contribution < -0.4 is 4.72 Å². The average molecular weight is 312 g/mol. The summed E-state index contributed by atoms with van der Waals surface area (Å²) in [6.07, 6.45) is 1.50. The molecule has 0 unspecified atom stereocenters. The zero-order chi connectivity index (χ0) is 14.9. The summed E-state index contributed by atoms with van der Waals surface area (Å²) in [5.74, 6) is -1.14. The van der Waals surface area contributed by atoms with E-state index in [4.69, 9.17) is 5.11 Å². The van der Waals surface area contributed by atoms with Gasteiger partial charge in [0.2, 0.25) is 0 Å². The van der Waals surface area contributed by atoms with Gasteiger partial charge in [-0.1, -0.05) is 0 Å². The van der Waals surface area contributed by atoms with Crippen molar-refractivity contribution in [1.82, 2.24) is 4.98 Å². The van der Waals surface area contributed by atoms with Crippen molar-refractivity contribution < 1.29 is 18.3 Å². The van der Waals surface area contributed by atoms with Crippen LogP contribution in [0.15, 0.2) is 29.3 Å². The second kappa shape index (κ2) is 5.22. The molecule has 106 valence electrons. The molecule has 0 saturated heterocycles. The first kappa shape index (κ1) is 14.5. The molecule has 0 aliphatic carbocycles. The number of carbonyl (C=O) groups is 1. The average Bonchev–Trinajstić information content (AvgIpc) is 2.71. The summed E-state index contributed by atoms with van der Waals surface area (Å²) in [5, 5.41) is 8.90. The smallest absolute Gasteiger partial charge is 0.345 e. The highest BCUT2D eigenvalue weighted by Gasteiger charge is 2.22. The summed E-state index contributed by atoms with van der Waals surface area (Å²) in [4.78, 5) is 15.3. The largest absolute Gasteiger partial charge is 0.477 e. The third kappa shape index (κ3) is 2.97. The molecular weight excluding hydrogens is 300 g/mol. The number of sulfonamides is 1. The molecule has 0 atom stereocenters. The summed E-state index contributed by atoms with van der Waals surface area (Å²) in [5.41, 5.74) is 1.07. The molecule has 0 radical (unpaired) electrons.